The van der Waals surface area contributed by atoms with Crippen LogP contribution in [0.25, 0.3) is 5.65 Å². The van der Waals surface area contributed by atoms with Crippen molar-refractivity contribution in [2.45, 2.75) is 73.0 Å². The number of amides is 1. The number of carbonyl (C=O) groups excluding carboxylic acids is 1. The normalized spacial score (nSPS) is 14.9. The number of nitrogens with one attached hydrogen (secondary N) is 1. The highest BCUT2D eigenvalue weighted by Gasteiger charge is 2.24. The molecular weight excluding hydrogens is 388 g/mol. The van der Waals surface area contributed by atoms with Gasteiger partial charge >= 0.3 is 0 Å². The largest absolute Gasteiger partial charge is 0.337 e. The standard InChI is InChI=1S/C24H34N6O/c1-5-30-19(4)20(18(3)27-30)15-25-16-21-23(24(31)28-11-8-6-7-9-12-28)26-22-14-17(2)10-13-29(21)22/h10,13-14,25H,5-9,11-12,15-16H2,1-4H3. The molecule has 7 nitrogen and oxygen atoms in total. The summed E-state index contributed by atoms with van der Waals surface area (Å²) in [6.07, 6.45) is 6.58. The van der Waals surface area contributed by atoms with E-state index in [1.54, 1.807) is 0 Å². The number of imidazole rings is 1. The third-order valence-corrected chi connectivity index (χ3v) is 6.40. The fourth-order valence-electron chi connectivity index (χ4n) is 4.56. The van der Waals surface area contributed by atoms with Crippen LogP contribution < -0.4 is 5.32 Å². The van der Waals surface area contributed by atoms with Gasteiger partial charge in [-0.05, 0) is 58.2 Å². The summed E-state index contributed by atoms with van der Waals surface area (Å²) in [7, 11) is 0. The summed E-state index contributed by atoms with van der Waals surface area (Å²) in [4.78, 5) is 20.2. The molecule has 0 unspecified atom stereocenters. The lowest BCUT2D eigenvalue weighted by Crippen LogP contribution is -2.33. The van der Waals surface area contributed by atoms with E-state index in [1.165, 1.54) is 24.1 Å². The minimum Gasteiger partial charge on any atom is -0.337 e. The summed E-state index contributed by atoms with van der Waals surface area (Å²) < 4.78 is 4.10. The van der Waals surface area contributed by atoms with Crippen LogP contribution in [0.3, 0.4) is 0 Å². The van der Waals surface area contributed by atoms with E-state index in [-0.39, 0.29) is 5.91 Å². The predicted molar refractivity (Wildman–Crippen MR) is 122 cm³/mol. The first-order chi connectivity index (χ1) is 15.0. The molecule has 0 atom stereocenters. The lowest BCUT2D eigenvalue weighted by atomic mass is 10.2. The quantitative estimate of drug-likeness (QED) is 0.656. The van der Waals surface area contributed by atoms with E-state index in [4.69, 9.17) is 4.98 Å². The summed E-state index contributed by atoms with van der Waals surface area (Å²) in [5, 5.41) is 8.17. The zero-order valence-electron chi connectivity index (χ0n) is 19.2. The lowest BCUT2D eigenvalue weighted by Gasteiger charge is -2.20. The molecule has 3 aromatic rings. The summed E-state index contributed by atoms with van der Waals surface area (Å²) in [6.45, 7) is 12.2. The average Bonchev–Trinajstić information content (AvgIpc) is 3.09. The SMILES string of the molecule is CCn1nc(C)c(CNCc2c(C(=O)N3CCCCCC3)nc3cc(C)ccn23)c1C. The van der Waals surface area contributed by atoms with Gasteiger partial charge in [-0.2, -0.15) is 5.10 Å². The highest BCUT2D eigenvalue weighted by Crippen LogP contribution is 2.20. The number of likely N-dealkylation sites (tertiary alicyclic amines) is 1. The average molecular weight is 423 g/mol. The van der Waals surface area contributed by atoms with E-state index < -0.39 is 0 Å². The Labute approximate surface area is 184 Å². The van der Waals surface area contributed by atoms with E-state index >= 15 is 0 Å². The molecule has 1 saturated heterocycles. The van der Waals surface area contributed by atoms with Crippen molar-refractivity contribution in [3.05, 3.63) is 52.2 Å². The molecule has 166 valence electrons. The van der Waals surface area contributed by atoms with Crippen LogP contribution in [-0.4, -0.2) is 43.1 Å². The number of rotatable bonds is 6. The molecule has 1 aliphatic rings. The monoisotopic (exact) mass is 422 g/mol. The fraction of sp³-hybridized carbons (Fsp3) is 0.542. The van der Waals surface area contributed by atoms with Gasteiger partial charge in [0, 0.05) is 50.2 Å². The number of aryl methyl sites for hydroxylation is 3. The van der Waals surface area contributed by atoms with Gasteiger partial charge in [0.05, 0.1) is 11.4 Å². The van der Waals surface area contributed by atoms with Gasteiger partial charge in [-0.15, -0.1) is 0 Å². The number of fused-ring (bicyclic) bond motifs is 1. The summed E-state index contributed by atoms with van der Waals surface area (Å²) in [5.74, 6) is 0.0613. The zero-order chi connectivity index (χ0) is 22.0. The Hall–Kier alpha value is -2.67. The second kappa shape index (κ2) is 9.22. The van der Waals surface area contributed by atoms with E-state index in [0.29, 0.717) is 18.8 Å². The molecule has 3 aromatic heterocycles. The minimum atomic E-state index is 0.0613. The van der Waals surface area contributed by atoms with Crippen LogP contribution in [-0.2, 0) is 19.6 Å². The number of hydrogen-bond acceptors (Lipinski definition) is 4. The maximum Gasteiger partial charge on any atom is 0.274 e. The van der Waals surface area contributed by atoms with Crippen LogP contribution in [0, 0.1) is 20.8 Å². The Kier molecular flexibility index (Phi) is 6.41. The molecular formula is C24H34N6O. The number of hydrogen-bond donors (Lipinski definition) is 1. The molecule has 0 aliphatic carbocycles. The molecule has 0 aromatic carbocycles. The second-order valence-corrected chi connectivity index (χ2v) is 8.61. The number of carbonyl (C=O) groups is 1. The van der Waals surface area contributed by atoms with Crippen molar-refractivity contribution in [2.75, 3.05) is 13.1 Å². The first kappa shape index (κ1) is 21.6. The molecule has 1 aliphatic heterocycles. The molecule has 0 spiro atoms. The smallest absolute Gasteiger partial charge is 0.274 e. The Morgan fingerprint density at radius 3 is 2.52 bits per heavy atom. The molecule has 1 fully saturated rings. The third-order valence-electron chi connectivity index (χ3n) is 6.40. The minimum absolute atomic E-state index is 0.0613. The van der Waals surface area contributed by atoms with Crippen LogP contribution >= 0.6 is 0 Å². The molecule has 0 bridgehead atoms. The third kappa shape index (κ3) is 4.37. The van der Waals surface area contributed by atoms with Gasteiger partial charge in [0.2, 0.25) is 0 Å². The van der Waals surface area contributed by atoms with Crippen molar-refractivity contribution in [2.24, 2.45) is 0 Å². The van der Waals surface area contributed by atoms with Gasteiger partial charge in [0.1, 0.15) is 5.65 Å². The molecule has 4 heterocycles. The fourth-order valence-corrected chi connectivity index (χ4v) is 4.56. The first-order valence-corrected chi connectivity index (χ1v) is 11.5. The molecule has 7 heteroatoms. The number of aromatic nitrogens is 4. The molecule has 1 amide bonds. The Morgan fingerprint density at radius 1 is 1.10 bits per heavy atom. The van der Waals surface area contributed by atoms with Crippen molar-refractivity contribution in [3.63, 3.8) is 0 Å². The van der Waals surface area contributed by atoms with Crippen molar-refractivity contribution in [3.8, 4) is 0 Å². The van der Waals surface area contributed by atoms with Crippen LogP contribution in [0.4, 0.5) is 0 Å². The molecule has 4 rings (SSSR count). The summed E-state index contributed by atoms with van der Waals surface area (Å²) >= 11 is 0. The van der Waals surface area contributed by atoms with E-state index in [1.807, 2.05) is 21.8 Å². The highest BCUT2D eigenvalue weighted by molar-refractivity contribution is 5.94. The zero-order valence-corrected chi connectivity index (χ0v) is 19.2. The molecule has 31 heavy (non-hydrogen) atoms. The number of pyridine rings is 1. The molecule has 1 N–H and O–H groups in total. The predicted octanol–water partition coefficient (Wildman–Crippen LogP) is 3.78. The Morgan fingerprint density at radius 2 is 1.84 bits per heavy atom. The Bertz CT molecular complexity index is 1070. The second-order valence-electron chi connectivity index (χ2n) is 8.61. The van der Waals surface area contributed by atoms with Gasteiger partial charge in [-0.25, -0.2) is 4.98 Å². The topological polar surface area (TPSA) is 67.5 Å². The van der Waals surface area contributed by atoms with Gasteiger partial charge in [0.25, 0.3) is 5.91 Å². The van der Waals surface area contributed by atoms with Crippen LogP contribution in [0.5, 0.6) is 0 Å². The summed E-state index contributed by atoms with van der Waals surface area (Å²) in [5.41, 5.74) is 6.97. The number of nitrogens with zero attached hydrogens (tertiary/aromatic N) is 5. The van der Waals surface area contributed by atoms with Crippen molar-refractivity contribution in [1.82, 2.24) is 29.4 Å². The van der Waals surface area contributed by atoms with E-state index in [9.17, 15) is 4.79 Å². The maximum absolute atomic E-state index is 13.4. The van der Waals surface area contributed by atoms with Gasteiger partial charge < -0.3 is 14.6 Å². The van der Waals surface area contributed by atoms with Crippen LogP contribution in [0.15, 0.2) is 18.3 Å². The Balaban J connectivity index is 1.60. The molecule has 0 saturated carbocycles. The highest BCUT2D eigenvalue weighted by atomic mass is 16.2. The van der Waals surface area contributed by atoms with Gasteiger partial charge in [0.15, 0.2) is 5.69 Å². The van der Waals surface area contributed by atoms with Crippen molar-refractivity contribution < 1.29 is 4.79 Å². The van der Waals surface area contributed by atoms with Gasteiger partial charge in [-0.1, -0.05) is 12.8 Å². The van der Waals surface area contributed by atoms with Crippen molar-refractivity contribution in [1.29, 1.82) is 0 Å². The summed E-state index contributed by atoms with van der Waals surface area (Å²) in [6, 6.07) is 4.11. The molecule has 0 radical (unpaired) electrons. The van der Waals surface area contributed by atoms with Gasteiger partial charge in [-0.3, -0.25) is 9.48 Å². The lowest BCUT2D eigenvalue weighted by molar-refractivity contribution is 0.0755. The maximum atomic E-state index is 13.4. The van der Waals surface area contributed by atoms with Crippen LogP contribution in [0.2, 0.25) is 0 Å². The first-order valence-electron chi connectivity index (χ1n) is 11.5. The van der Waals surface area contributed by atoms with Crippen LogP contribution in [0.1, 0.15) is 71.3 Å². The van der Waals surface area contributed by atoms with Crippen molar-refractivity contribution >= 4 is 11.6 Å². The van der Waals surface area contributed by atoms with E-state index in [0.717, 1.165) is 55.1 Å². The van der Waals surface area contributed by atoms with E-state index in [2.05, 4.69) is 48.6 Å².